The fourth-order valence-electron chi connectivity index (χ4n) is 1.96. The monoisotopic (exact) mass is 250 g/mol. The first-order valence-electron chi connectivity index (χ1n) is 6.29. The zero-order valence-electron chi connectivity index (χ0n) is 11.3. The van der Waals surface area contributed by atoms with Crippen LogP contribution < -0.4 is 5.73 Å². The number of phenols is 1. The van der Waals surface area contributed by atoms with Gasteiger partial charge in [0.25, 0.3) is 0 Å². The maximum Gasteiger partial charge on any atom is 0.240 e. The smallest absolute Gasteiger partial charge is 0.240 e. The lowest BCUT2D eigenvalue weighted by Gasteiger charge is -2.28. The van der Waals surface area contributed by atoms with Crippen molar-refractivity contribution >= 4 is 5.91 Å². The van der Waals surface area contributed by atoms with Crippen LogP contribution in [-0.2, 0) is 11.2 Å². The number of likely N-dealkylation sites (N-methyl/N-ethyl adjacent to an activating group) is 1. The van der Waals surface area contributed by atoms with Gasteiger partial charge in [-0.1, -0.05) is 12.1 Å². The van der Waals surface area contributed by atoms with Crippen LogP contribution in [0.2, 0.25) is 0 Å². The summed E-state index contributed by atoms with van der Waals surface area (Å²) in [6, 6.07) is 6.41. The zero-order chi connectivity index (χ0) is 13.7. The Bertz CT molecular complexity index is 387. The van der Waals surface area contributed by atoms with E-state index in [0.717, 1.165) is 5.56 Å². The first-order valence-corrected chi connectivity index (χ1v) is 6.29. The highest BCUT2D eigenvalue weighted by molar-refractivity contribution is 5.82. The number of carbonyl (C=O) groups is 1. The van der Waals surface area contributed by atoms with Crippen molar-refractivity contribution in [2.24, 2.45) is 5.73 Å². The lowest BCUT2D eigenvalue weighted by molar-refractivity contribution is -0.134. The van der Waals surface area contributed by atoms with Crippen molar-refractivity contribution in [1.82, 2.24) is 4.90 Å². The molecule has 100 valence electrons. The van der Waals surface area contributed by atoms with E-state index in [1.165, 1.54) is 0 Å². The van der Waals surface area contributed by atoms with E-state index in [2.05, 4.69) is 0 Å². The Kier molecular flexibility index (Phi) is 5.16. The topological polar surface area (TPSA) is 66.6 Å². The summed E-state index contributed by atoms with van der Waals surface area (Å²) in [5.74, 6) is 0.191. The van der Waals surface area contributed by atoms with Gasteiger partial charge < -0.3 is 15.7 Å². The lowest BCUT2D eigenvalue weighted by Crippen LogP contribution is -2.47. The van der Waals surface area contributed by atoms with Crippen molar-refractivity contribution in [2.45, 2.75) is 39.3 Å². The number of benzene rings is 1. The quantitative estimate of drug-likeness (QED) is 0.832. The number of phenolic OH excluding ortho intramolecular Hbond substituents is 1. The van der Waals surface area contributed by atoms with Gasteiger partial charge in [-0.3, -0.25) is 4.79 Å². The van der Waals surface area contributed by atoms with Crippen LogP contribution in [0, 0.1) is 0 Å². The van der Waals surface area contributed by atoms with Gasteiger partial charge in [0.15, 0.2) is 0 Å². The second-order valence-corrected chi connectivity index (χ2v) is 4.70. The van der Waals surface area contributed by atoms with Crippen LogP contribution in [0.15, 0.2) is 24.3 Å². The molecule has 1 rings (SSSR count). The number of carbonyl (C=O) groups excluding carboxylic acids is 1. The molecule has 0 radical (unpaired) electrons. The molecule has 0 saturated carbocycles. The minimum atomic E-state index is -0.531. The van der Waals surface area contributed by atoms with E-state index < -0.39 is 6.04 Å². The summed E-state index contributed by atoms with van der Waals surface area (Å²) in [7, 11) is 0. The Hall–Kier alpha value is -1.55. The lowest BCUT2D eigenvalue weighted by atomic mass is 10.0. The molecule has 3 N–H and O–H groups in total. The van der Waals surface area contributed by atoms with Gasteiger partial charge in [-0.15, -0.1) is 0 Å². The first kappa shape index (κ1) is 14.5. The van der Waals surface area contributed by atoms with Crippen molar-refractivity contribution in [2.75, 3.05) is 6.54 Å². The molecule has 0 bridgehead atoms. The first-order chi connectivity index (χ1) is 8.45. The number of rotatable bonds is 5. The third-order valence-corrected chi connectivity index (χ3v) is 2.96. The number of nitrogens with two attached hydrogens (primary N) is 1. The third kappa shape index (κ3) is 3.74. The maximum atomic E-state index is 12.1. The van der Waals surface area contributed by atoms with E-state index in [0.29, 0.717) is 13.0 Å². The molecule has 1 atom stereocenters. The molecule has 4 heteroatoms. The van der Waals surface area contributed by atoms with Crippen LogP contribution in [0.4, 0.5) is 0 Å². The van der Waals surface area contributed by atoms with E-state index in [1.54, 1.807) is 29.2 Å². The van der Waals surface area contributed by atoms with Crippen LogP contribution in [0.5, 0.6) is 5.75 Å². The summed E-state index contributed by atoms with van der Waals surface area (Å²) in [6.07, 6.45) is 0.488. The molecule has 1 aromatic carbocycles. The number of hydrogen-bond acceptors (Lipinski definition) is 3. The van der Waals surface area contributed by atoms with E-state index >= 15 is 0 Å². The molecule has 4 nitrogen and oxygen atoms in total. The normalized spacial score (nSPS) is 12.5. The number of aromatic hydroxyl groups is 1. The molecule has 0 spiro atoms. The molecule has 0 aliphatic carbocycles. The summed E-state index contributed by atoms with van der Waals surface area (Å²) in [6.45, 7) is 6.58. The second-order valence-electron chi connectivity index (χ2n) is 4.70. The molecule has 0 aliphatic heterocycles. The van der Waals surface area contributed by atoms with Gasteiger partial charge in [0, 0.05) is 12.6 Å². The predicted octanol–water partition coefficient (Wildman–Crippen LogP) is 1.52. The standard InChI is InChI=1S/C14H22N2O2/c1-4-16(10(2)3)14(18)13(15)9-11-5-7-12(17)8-6-11/h5-8,10,13,17H,4,9,15H2,1-3H3/t13-/m0/s1. The van der Waals surface area contributed by atoms with Gasteiger partial charge in [0.1, 0.15) is 5.75 Å². The third-order valence-electron chi connectivity index (χ3n) is 2.96. The highest BCUT2D eigenvalue weighted by Crippen LogP contribution is 2.12. The van der Waals surface area contributed by atoms with Gasteiger partial charge >= 0.3 is 0 Å². The number of hydrogen-bond donors (Lipinski definition) is 2. The van der Waals surface area contributed by atoms with E-state index in [9.17, 15) is 9.90 Å². The van der Waals surface area contributed by atoms with Gasteiger partial charge in [0.2, 0.25) is 5.91 Å². The van der Waals surface area contributed by atoms with Gasteiger partial charge in [-0.25, -0.2) is 0 Å². The van der Waals surface area contributed by atoms with Crippen molar-refractivity contribution in [1.29, 1.82) is 0 Å². The molecule has 18 heavy (non-hydrogen) atoms. The summed E-state index contributed by atoms with van der Waals surface area (Å²) < 4.78 is 0. The average Bonchev–Trinajstić information content (AvgIpc) is 2.32. The van der Waals surface area contributed by atoms with Crippen molar-refractivity contribution in [3.63, 3.8) is 0 Å². The molecule has 1 amide bonds. The van der Waals surface area contributed by atoms with Crippen molar-refractivity contribution in [3.05, 3.63) is 29.8 Å². The molecule has 0 saturated heterocycles. The molecule has 0 fully saturated rings. The van der Waals surface area contributed by atoms with E-state index in [-0.39, 0.29) is 17.7 Å². The minimum Gasteiger partial charge on any atom is -0.508 e. The van der Waals surface area contributed by atoms with Crippen molar-refractivity contribution < 1.29 is 9.90 Å². The molecule has 0 aliphatic rings. The highest BCUT2D eigenvalue weighted by Gasteiger charge is 2.21. The molecule has 1 aromatic rings. The summed E-state index contributed by atoms with van der Waals surface area (Å²) in [5.41, 5.74) is 6.90. The molecular formula is C14H22N2O2. The van der Waals surface area contributed by atoms with E-state index in [4.69, 9.17) is 5.73 Å². The maximum absolute atomic E-state index is 12.1. The molecule has 0 aromatic heterocycles. The Morgan fingerprint density at radius 1 is 1.33 bits per heavy atom. The summed E-state index contributed by atoms with van der Waals surface area (Å²) >= 11 is 0. The summed E-state index contributed by atoms with van der Waals surface area (Å²) in [4.78, 5) is 13.9. The van der Waals surface area contributed by atoms with E-state index in [1.807, 2.05) is 20.8 Å². The SMILES string of the molecule is CCN(C(=O)[C@@H](N)Cc1ccc(O)cc1)C(C)C. The Balaban J connectivity index is 2.67. The molecule has 0 heterocycles. The number of amides is 1. The average molecular weight is 250 g/mol. The van der Waals surface area contributed by atoms with Crippen LogP contribution in [0.1, 0.15) is 26.3 Å². The van der Waals surface area contributed by atoms with Crippen molar-refractivity contribution in [3.8, 4) is 5.75 Å². The van der Waals surface area contributed by atoms with Crippen LogP contribution in [0.25, 0.3) is 0 Å². The minimum absolute atomic E-state index is 0.0272. The highest BCUT2D eigenvalue weighted by atomic mass is 16.3. The van der Waals surface area contributed by atoms with Crippen LogP contribution in [-0.4, -0.2) is 34.5 Å². The molecular weight excluding hydrogens is 228 g/mol. The fraction of sp³-hybridized carbons (Fsp3) is 0.500. The van der Waals surface area contributed by atoms with Gasteiger partial charge in [-0.05, 0) is 44.9 Å². The van der Waals surface area contributed by atoms with Crippen LogP contribution >= 0.6 is 0 Å². The Labute approximate surface area is 108 Å². The summed E-state index contributed by atoms with van der Waals surface area (Å²) in [5, 5.41) is 9.19. The predicted molar refractivity (Wildman–Crippen MR) is 72.3 cm³/mol. The second kappa shape index (κ2) is 6.40. The van der Waals surface area contributed by atoms with Crippen LogP contribution in [0.3, 0.4) is 0 Å². The molecule has 0 unspecified atom stereocenters. The Morgan fingerprint density at radius 2 is 1.89 bits per heavy atom. The van der Waals surface area contributed by atoms with Gasteiger partial charge in [0.05, 0.1) is 6.04 Å². The number of nitrogens with zero attached hydrogens (tertiary/aromatic N) is 1. The Morgan fingerprint density at radius 3 is 2.33 bits per heavy atom. The zero-order valence-corrected chi connectivity index (χ0v) is 11.3. The van der Waals surface area contributed by atoms with Gasteiger partial charge in [-0.2, -0.15) is 0 Å². The largest absolute Gasteiger partial charge is 0.508 e. The fourth-order valence-corrected chi connectivity index (χ4v) is 1.96.